The van der Waals surface area contributed by atoms with E-state index in [1.54, 1.807) is 9.78 Å². The van der Waals surface area contributed by atoms with Gasteiger partial charge in [0, 0.05) is 11.4 Å². The van der Waals surface area contributed by atoms with Gasteiger partial charge in [0.15, 0.2) is 5.82 Å². The average Bonchev–Trinajstić information content (AvgIpc) is 3.10. The number of fused-ring (bicyclic) bond motifs is 3. The summed E-state index contributed by atoms with van der Waals surface area (Å²) < 4.78 is 0. The van der Waals surface area contributed by atoms with Crippen LogP contribution < -0.4 is 10.2 Å². The van der Waals surface area contributed by atoms with Gasteiger partial charge in [0.2, 0.25) is 0 Å². The zero-order valence-corrected chi connectivity index (χ0v) is 15.1. The summed E-state index contributed by atoms with van der Waals surface area (Å²) in [5, 5.41) is 4.81. The highest BCUT2D eigenvalue weighted by Crippen LogP contribution is 2.39. The molecule has 2 aromatic heterocycles. The van der Waals surface area contributed by atoms with Crippen LogP contribution in [-0.4, -0.2) is 29.6 Å². The van der Waals surface area contributed by atoms with Crippen molar-refractivity contribution in [3.8, 4) is 0 Å². The molecule has 1 aliphatic heterocycles. The Bertz CT molecular complexity index is 701. The summed E-state index contributed by atoms with van der Waals surface area (Å²) in [4.78, 5) is 14.3. The van der Waals surface area contributed by atoms with Gasteiger partial charge >= 0.3 is 0 Å². The van der Waals surface area contributed by atoms with Crippen molar-refractivity contribution < 1.29 is 4.90 Å². The van der Waals surface area contributed by atoms with E-state index in [4.69, 9.17) is 9.97 Å². The van der Waals surface area contributed by atoms with Crippen LogP contribution in [0.4, 0.5) is 5.82 Å². The van der Waals surface area contributed by atoms with Gasteiger partial charge in [0.25, 0.3) is 0 Å². The Morgan fingerprint density at radius 2 is 2.04 bits per heavy atom. The Balaban J connectivity index is 1.65. The lowest BCUT2D eigenvalue weighted by Crippen LogP contribution is -3.11. The van der Waals surface area contributed by atoms with Gasteiger partial charge in [-0.15, -0.1) is 11.3 Å². The quantitative estimate of drug-likeness (QED) is 0.904. The van der Waals surface area contributed by atoms with Crippen molar-refractivity contribution >= 4 is 27.4 Å². The highest BCUT2D eigenvalue weighted by molar-refractivity contribution is 7.19. The molecule has 0 atom stereocenters. The maximum Gasteiger partial charge on any atom is 0.187 e. The number of thiophene rings is 1. The zero-order valence-electron chi connectivity index (χ0n) is 14.2. The normalized spacial score (nSPS) is 24.1. The zero-order chi connectivity index (χ0) is 15.8. The number of hydrogen-bond acceptors (Lipinski definition) is 4. The van der Waals surface area contributed by atoms with E-state index in [1.165, 1.54) is 61.0 Å². The molecule has 0 radical (unpaired) electrons. The Labute approximate surface area is 142 Å². The van der Waals surface area contributed by atoms with Crippen molar-refractivity contribution in [3.63, 3.8) is 0 Å². The Hall–Kier alpha value is -1.20. The second-order valence-corrected chi connectivity index (χ2v) is 8.25. The number of quaternary nitrogens is 1. The molecule has 0 amide bonds. The first-order valence-electron chi connectivity index (χ1n) is 9.13. The molecular weight excluding hydrogens is 304 g/mol. The molecule has 1 saturated heterocycles. The largest absolute Gasteiger partial charge is 0.370 e. The second kappa shape index (κ2) is 6.36. The summed E-state index contributed by atoms with van der Waals surface area (Å²) in [7, 11) is 0. The third-order valence-corrected chi connectivity index (χ3v) is 6.53. The molecule has 0 saturated carbocycles. The Morgan fingerprint density at radius 3 is 2.83 bits per heavy atom. The number of anilines is 1. The van der Waals surface area contributed by atoms with Crippen molar-refractivity contribution in [1.82, 2.24) is 9.97 Å². The summed E-state index contributed by atoms with van der Waals surface area (Å²) in [5.74, 6) is 2.99. The van der Waals surface area contributed by atoms with E-state index >= 15 is 0 Å². The SMILES string of the molecule is CCNc1nc(C[NH+]2CCC(C)CC2)nc2sc3c(c12)CCC3. The van der Waals surface area contributed by atoms with E-state index in [1.807, 2.05) is 11.3 Å². The first kappa shape index (κ1) is 15.3. The fraction of sp³-hybridized carbons (Fsp3) is 0.667. The van der Waals surface area contributed by atoms with E-state index in [0.29, 0.717) is 0 Å². The summed E-state index contributed by atoms with van der Waals surface area (Å²) in [6.07, 6.45) is 6.40. The van der Waals surface area contributed by atoms with Crippen molar-refractivity contribution in [2.75, 3.05) is 25.0 Å². The van der Waals surface area contributed by atoms with Crippen LogP contribution in [0.2, 0.25) is 0 Å². The topological polar surface area (TPSA) is 42.2 Å². The number of likely N-dealkylation sites (tertiary alicyclic amines) is 1. The third-order valence-electron chi connectivity index (χ3n) is 5.34. The number of nitrogens with zero attached hydrogens (tertiary/aromatic N) is 2. The predicted molar refractivity (Wildman–Crippen MR) is 96.4 cm³/mol. The third kappa shape index (κ3) is 2.96. The van der Waals surface area contributed by atoms with Crippen LogP contribution in [0.1, 0.15) is 49.4 Å². The van der Waals surface area contributed by atoms with E-state index in [-0.39, 0.29) is 0 Å². The number of rotatable bonds is 4. The van der Waals surface area contributed by atoms with Gasteiger partial charge in [-0.05, 0) is 50.5 Å². The number of aryl methyl sites for hydroxylation is 2. The summed E-state index contributed by atoms with van der Waals surface area (Å²) in [5.41, 5.74) is 1.52. The number of nitrogens with one attached hydrogen (secondary N) is 2. The molecule has 0 bridgehead atoms. The Kier molecular flexibility index (Phi) is 4.24. The molecule has 2 aromatic rings. The lowest BCUT2D eigenvalue weighted by molar-refractivity contribution is -0.920. The molecule has 0 spiro atoms. The van der Waals surface area contributed by atoms with Gasteiger partial charge in [0.1, 0.15) is 17.2 Å². The number of piperidine rings is 1. The van der Waals surface area contributed by atoms with Crippen molar-refractivity contribution in [2.24, 2.45) is 5.92 Å². The molecule has 5 heteroatoms. The van der Waals surface area contributed by atoms with Crippen LogP contribution in [-0.2, 0) is 19.4 Å². The molecular formula is C18H27N4S+. The molecule has 4 rings (SSSR count). The van der Waals surface area contributed by atoms with Gasteiger partial charge in [-0.25, -0.2) is 9.97 Å². The average molecular weight is 332 g/mol. The number of aromatic nitrogens is 2. The lowest BCUT2D eigenvalue weighted by Gasteiger charge is -2.26. The smallest absolute Gasteiger partial charge is 0.187 e. The van der Waals surface area contributed by atoms with Crippen LogP contribution in [0.25, 0.3) is 10.2 Å². The Morgan fingerprint density at radius 1 is 1.22 bits per heavy atom. The highest BCUT2D eigenvalue weighted by atomic mass is 32.1. The lowest BCUT2D eigenvalue weighted by atomic mass is 9.99. The molecule has 2 N–H and O–H groups in total. The molecule has 0 aromatic carbocycles. The van der Waals surface area contributed by atoms with E-state index in [0.717, 1.165) is 30.6 Å². The molecule has 4 nitrogen and oxygen atoms in total. The van der Waals surface area contributed by atoms with Crippen LogP contribution >= 0.6 is 11.3 Å². The van der Waals surface area contributed by atoms with Crippen molar-refractivity contribution in [2.45, 2.75) is 52.5 Å². The highest BCUT2D eigenvalue weighted by Gasteiger charge is 2.24. The van der Waals surface area contributed by atoms with Gasteiger partial charge in [-0.2, -0.15) is 0 Å². The van der Waals surface area contributed by atoms with Crippen molar-refractivity contribution in [3.05, 3.63) is 16.3 Å². The first-order valence-corrected chi connectivity index (χ1v) is 9.94. The standard InChI is InChI=1S/C18H26N4S/c1-3-19-17-16-13-5-4-6-14(13)23-18(16)21-15(20-17)11-22-9-7-12(2)8-10-22/h12H,3-11H2,1-2H3,(H,19,20,21)/p+1. The fourth-order valence-corrected chi connectivity index (χ4v) is 5.27. The summed E-state index contributed by atoms with van der Waals surface area (Å²) in [6.45, 7) is 8.95. The van der Waals surface area contributed by atoms with Crippen LogP contribution in [0.15, 0.2) is 0 Å². The molecule has 1 fully saturated rings. The van der Waals surface area contributed by atoms with Gasteiger partial charge in [0.05, 0.1) is 18.5 Å². The van der Waals surface area contributed by atoms with E-state index < -0.39 is 0 Å². The van der Waals surface area contributed by atoms with E-state index in [9.17, 15) is 0 Å². The van der Waals surface area contributed by atoms with Gasteiger partial charge < -0.3 is 10.2 Å². The molecule has 0 unspecified atom stereocenters. The summed E-state index contributed by atoms with van der Waals surface area (Å²) in [6, 6.07) is 0. The molecule has 23 heavy (non-hydrogen) atoms. The van der Waals surface area contributed by atoms with Crippen LogP contribution in [0, 0.1) is 5.92 Å². The monoisotopic (exact) mass is 331 g/mol. The van der Waals surface area contributed by atoms with Crippen LogP contribution in [0.5, 0.6) is 0 Å². The maximum absolute atomic E-state index is 4.94. The predicted octanol–water partition coefficient (Wildman–Crippen LogP) is 2.43. The molecule has 2 aliphatic rings. The van der Waals surface area contributed by atoms with E-state index in [2.05, 4.69) is 19.2 Å². The van der Waals surface area contributed by atoms with Gasteiger partial charge in [-0.3, -0.25) is 0 Å². The minimum Gasteiger partial charge on any atom is -0.370 e. The minimum atomic E-state index is 0.889. The van der Waals surface area contributed by atoms with Crippen molar-refractivity contribution in [1.29, 1.82) is 0 Å². The molecule has 1 aliphatic carbocycles. The second-order valence-electron chi connectivity index (χ2n) is 7.17. The first-order chi connectivity index (χ1) is 11.2. The fourth-order valence-electron chi connectivity index (χ4n) is 3.99. The summed E-state index contributed by atoms with van der Waals surface area (Å²) >= 11 is 1.90. The molecule has 3 heterocycles. The van der Waals surface area contributed by atoms with Gasteiger partial charge in [-0.1, -0.05) is 6.92 Å². The number of hydrogen-bond donors (Lipinski definition) is 2. The molecule has 124 valence electrons. The maximum atomic E-state index is 4.94. The minimum absolute atomic E-state index is 0.889. The van der Waals surface area contributed by atoms with Crippen LogP contribution in [0.3, 0.4) is 0 Å².